The third-order valence-corrected chi connectivity index (χ3v) is 3.43. The maximum absolute atomic E-state index is 12.5. The SMILES string of the molecule is CSCCC(=O)c1cc(C(F)(F)F)ccc1Br. The fourth-order valence-corrected chi connectivity index (χ4v) is 2.10. The Morgan fingerprint density at radius 1 is 1.41 bits per heavy atom. The van der Waals surface area contributed by atoms with Crippen LogP contribution in [0.15, 0.2) is 22.7 Å². The molecular formula is C11H10BrF3OS. The van der Waals surface area contributed by atoms with Crippen LogP contribution in [0.4, 0.5) is 13.2 Å². The van der Waals surface area contributed by atoms with E-state index in [0.717, 1.165) is 12.1 Å². The van der Waals surface area contributed by atoms with Crippen molar-refractivity contribution in [1.29, 1.82) is 0 Å². The van der Waals surface area contributed by atoms with Crippen LogP contribution in [-0.4, -0.2) is 17.8 Å². The number of carbonyl (C=O) groups is 1. The Labute approximate surface area is 110 Å². The highest BCUT2D eigenvalue weighted by Crippen LogP contribution is 2.32. The third-order valence-electron chi connectivity index (χ3n) is 2.13. The van der Waals surface area contributed by atoms with Crippen LogP contribution in [0.2, 0.25) is 0 Å². The van der Waals surface area contributed by atoms with Crippen molar-refractivity contribution >= 4 is 33.5 Å². The lowest BCUT2D eigenvalue weighted by molar-refractivity contribution is -0.137. The number of halogens is 4. The topological polar surface area (TPSA) is 17.1 Å². The van der Waals surface area contributed by atoms with Gasteiger partial charge in [0.25, 0.3) is 0 Å². The molecule has 0 amide bonds. The van der Waals surface area contributed by atoms with Crippen LogP contribution in [0.25, 0.3) is 0 Å². The van der Waals surface area contributed by atoms with Gasteiger partial charge in [-0.1, -0.05) is 15.9 Å². The van der Waals surface area contributed by atoms with Gasteiger partial charge in [0.15, 0.2) is 5.78 Å². The second-order valence-corrected chi connectivity index (χ2v) is 5.20. The van der Waals surface area contributed by atoms with Crippen molar-refractivity contribution < 1.29 is 18.0 Å². The van der Waals surface area contributed by atoms with E-state index in [2.05, 4.69) is 15.9 Å². The van der Waals surface area contributed by atoms with Crippen molar-refractivity contribution in [1.82, 2.24) is 0 Å². The first-order valence-corrected chi connectivity index (χ1v) is 6.94. The van der Waals surface area contributed by atoms with E-state index in [1.807, 2.05) is 6.26 Å². The van der Waals surface area contributed by atoms with Gasteiger partial charge < -0.3 is 0 Å². The predicted molar refractivity (Wildman–Crippen MR) is 66.5 cm³/mol. The van der Waals surface area contributed by atoms with E-state index in [-0.39, 0.29) is 17.8 Å². The van der Waals surface area contributed by atoms with Crippen LogP contribution < -0.4 is 0 Å². The molecule has 0 atom stereocenters. The molecule has 0 aromatic heterocycles. The minimum Gasteiger partial charge on any atom is -0.294 e. The number of rotatable bonds is 4. The molecular weight excluding hydrogens is 317 g/mol. The highest BCUT2D eigenvalue weighted by atomic mass is 79.9. The van der Waals surface area contributed by atoms with E-state index in [1.54, 1.807) is 0 Å². The molecule has 6 heteroatoms. The van der Waals surface area contributed by atoms with Crippen molar-refractivity contribution in [2.45, 2.75) is 12.6 Å². The fraction of sp³-hybridized carbons (Fsp3) is 0.364. The average molecular weight is 327 g/mol. The summed E-state index contributed by atoms with van der Waals surface area (Å²) >= 11 is 4.58. The van der Waals surface area contributed by atoms with Gasteiger partial charge in [-0.3, -0.25) is 4.79 Å². The summed E-state index contributed by atoms with van der Waals surface area (Å²) in [6.07, 6.45) is -2.34. The molecule has 0 unspecified atom stereocenters. The van der Waals surface area contributed by atoms with E-state index < -0.39 is 11.7 Å². The molecule has 1 aromatic carbocycles. The van der Waals surface area contributed by atoms with Gasteiger partial charge in [-0.15, -0.1) is 0 Å². The van der Waals surface area contributed by atoms with Crippen LogP contribution in [0.5, 0.6) is 0 Å². The first kappa shape index (κ1) is 14.6. The average Bonchev–Trinajstić information content (AvgIpc) is 2.24. The van der Waals surface area contributed by atoms with Crippen LogP contribution in [0.1, 0.15) is 22.3 Å². The third kappa shape index (κ3) is 4.03. The second kappa shape index (κ2) is 5.91. The minimum atomic E-state index is -4.42. The summed E-state index contributed by atoms with van der Waals surface area (Å²) in [5, 5.41) is 0. The number of alkyl halides is 3. The molecule has 1 nitrogen and oxygen atoms in total. The van der Waals surface area contributed by atoms with Crippen molar-refractivity contribution in [3.05, 3.63) is 33.8 Å². The molecule has 0 spiro atoms. The molecule has 0 radical (unpaired) electrons. The number of thioether (sulfide) groups is 1. The lowest BCUT2D eigenvalue weighted by Crippen LogP contribution is -2.08. The van der Waals surface area contributed by atoms with Gasteiger partial charge in [0.1, 0.15) is 0 Å². The molecule has 0 aliphatic carbocycles. The maximum atomic E-state index is 12.5. The zero-order chi connectivity index (χ0) is 13.1. The Kier molecular flexibility index (Phi) is 5.06. The monoisotopic (exact) mass is 326 g/mol. The summed E-state index contributed by atoms with van der Waals surface area (Å²) in [4.78, 5) is 11.7. The molecule has 0 aliphatic heterocycles. The van der Waals surface area contributed by atoms with E-state index in [0.29, 0.717) is 10.2 Å². The largest absolute Gasteiger partial charge is 0.416 e. The van der Waals surface area contributed by atoms with Gasteiger partial charge >= 0.3 is 6.18 Å². The second-order valence-electron chi connectivity index (χ2n) is 3.36. The van der Waals surface area contributed by atoms with E-state index >= 15 is 0 Å². The van der Waals surface area contributed by atoms with Crippen LogP contribution >= 0.6 is 27.7 Å². The van der Waals surface area contributed by atoms with Crippen molar-refractivity contribution in [2.75, 3.05) is 12.0 Å². The van der Waals surface area contributed by atoms with Crippen LogP contribution in [0, 0.1) is 0 Å². The lowest BCUT2D eigenvalue weighted by Gasteiger charge is -2.09. The molecule has 1 aromatic rings. The van der Waals surface area contributed by atoms with Crippen LogP contribution in [0.3, 0.4) is 0 Å². The quantitative estimate of drug-likeness (QED) is 0.762. The molecule has 17 heavy (non-hydrogen) atoms. The smallest absolute Gasteiger partial charge is 0.294 e. The van der Waals surface area contributed by atoms with Crippen molar-refractivity contribution in [3.8, 4) is 0 Å². The number of ketones is 1. The molecule has 94 valence electrons. The molecule has 0 aliphatic rings. The lowest BCUT2D eigenvalue weighted by atomic mass is 10.1. The minimum absolute atomic E-state index is 0.0916. The van der Waals surface area contributed by atoms with Gasteiger partial charge in [0.2, 0.25) is 0 Å². The Morgan fingerprint density at radius 3 is 2.59 bits per heavy atom. The summed E-state index contributed by atoms with van der Waals surface area (Å²) in [6.45, 7) is 0. The first-order chi connectivity index (χ1) is 7.86. The van der Waals surface area contributed by atoms with Gasteiger partial charge in [0.05, 0.1) is 5.56 Å². The van der Waals surface area contributed by atoms with Gasteiger partial charge in [-0.05, 0) is 24.5 Å². The number of carbonyl (C=O) groups excluding carboxylic acids is 1. The summed E-state index contributed by atoms with van der Waals surface area (Å²) in [6, 6.07) is 3.11. The molecule has 0 saturated heterocycles. The van der Waals surface area contributed by atoms with Crippen molar-refractivity contribution in [3.63, 3.8) is 0 Å². The Balaban J connectivity index is 3.02. The van der Waals surface area contributed by atoms with E-state index in [1.165, 1.54) is 17.8 Å². The normalized spacial score (nSPS) is 11.6. The molecule has 1 rings (SSSR count). The first-order valence-electron chi connectivity index (χ1n) is 4.75. The molecule has 0 N–H and O–H groups in total. The number of benzene rings is 1. The summed E-state index contributed by atoms with van der Waals surface area (Å²) < 4.78 is 37.9. The van der Waals surface area contributed by atoms with Gasteiger partial charge in [0, 0.05) is 22.2 Å². The Bertz CT molecular complexity index is 418. The predicted octanol–water partition coefficient (Wildman–Crippen LogP) is 4.40. The molecule has 0 bridgehead atoms. The number of hydrogen-bond acceptors (Lipinski definition) is 2. The van der Waals surface area contributed by atoms with Gasteiger partial charge in [-0.2, -0.15) is 24.9 Å². The summed E-state index contributed by atoms with van der Waals surface area (Å²) in [7, 11) is 0. The number of Topliss-reactive ketones (excluding diaryl/α,β-unsaturated/α-hetero) is 1. The van der Waals surface area contributed by atoms with Crippen molar-refractivity contribution in [2.24, 2.45) is 0 Å². The summed E-state index contributed by atoms with van der Waals surface area (Å²) in [5.41, 5.74) is -0.706. The Hall–Kier alpha value is -0.490. The van der Waals surface area contributed by atoms with E-state index in [9.17, 15) is 18.0 Å². The Morgan fingerprint density at radius 2 is 2.06 bits per heavy atom. The van der Waals surface area contributed by atoms with E-state index in [4.69, 9.17) is 0 Å². The highest BCUT2D eigenvalue weighted by molar-refractivity contribution is 9.10. The molecule has 0 saturated carbocycles. The zero-order valence-electron chi connectivity index (χ0n) is 8.97. The maximum Gasteiger partial charge on any atom is 0.416 e. The summed E-state index contributed by atoms with van der Waals surface area (Å²) in [5.74, 6) is 0.318. The number of hydrogen-bond donors (Lipinski definition) is 0. The van der Waals surface area contributed by atoms with Crippen LogP contribution in [-0.2, 0) is 6.18 Å². The standard InChI is InChI=1S/C11H10BrF3OS/c1-17-5-4-10(16)8-6-7(11(13,14)15)2-3-9(8)12/h2-3,6H,4-5H2,1H3. The molecule has 0 heterocycles. The zero-order valence-corrected chi connectivity index (χ0v) is 11.4. The highest BCUT2D eigenvalue weighted by Gasteiger charge is 2.31. The molecule has 0 fully saturated rings. The fourth-order valence-electron chi connectivity index (χ4n) is 1.24. The van der Waals surface area contributed by atoms with Gasteiger partial charge in [-0.25, -0.2) is 0 Å².